The molecule has 25 heteroatoms. The van der Waals surface area contributed by atoms with Crippen LogP contribution in [0.2, 0.25) is 0 Å². The van der Waals surface area contributed by atoms with Crippen LogP contribution in [0.5, 0.6) is 0 Å². The smallest absolute Gasteiger partial charge is 0.331 e. The van der Waals surface area contributed by atoms with Gasteiger partial charge in [-0.3, -0.25) is 14.4 Å². The topological polar surface area (TPSA) is 339 Å². The fourth-order valence-electron chi connectivity index (χ4n) is 13.3. The highest BCUT2D eigenvalue weighted by Crippen LogP contribution is 2.40. The van der Waals surface area contributed by atoms with Crippen LogP contribution in [0.25, 0.3) is 6.08 Å². The van der Waals surface area contributed by atoms with E-state index in [9.17, 15) is 54.9 Å². The fourth-order valence-corrected chi connectivity index (χ4v) is 13.3. The van der Waals surface area contributed by atoms with Crippen molar-refractivity contribution in [2.75, 3.05) is 0 Å². The van der Waals surface area contributed by atoms with Crippen molar-refractivity contribution < 1.29 is 121 Å². The van der Waals surface area contributed by atoms with Crippen LogP contribution in [0.15, 0.2) is 36.4 Å². The van der Waals surface area contributed by atoms with E-state index >= 15 is 0 Å². The average molecular weight is 1380 g/mol. The molecule has 1 aromatic carbocycles. The number of hydrogen-bond acceptors (Lipinski definition) is 25. The van der Waals surface area contributed by atoms with Crippen molar-refractivity contribution >= 4 is 30.0 Å². The summed E-state index contributed by atoms with van der Waals surface area (Å²) in [5, 5.41) is 81.9. The molecule has 7 rings (SSSR count). The van der Waals surface area contributed by atoms with Crippen molar-refractivity contribution in [3.63, 3.8) is 0 Å². The van der Waals surface area contributed by atoms with Crippen LogP contribution in [0.4, 0.5) is 0 Å². The van der Waals surface area contributed by atoms with Crippen molar-refractivity contribution in [2.24, 2.45) is 5.92 Å². The lowest BCUT2D eigenvalue weighted by atomic mass is 9.95. The molecule has 25 nitrogen and oxygen atoms in total. The third-order valence-electron chi connectivity index (χ3n) is 19.6. The molecule has 0 spiro atoms. The molecule has 1 aromatic rings. The van der Waals surface area contributed by atoms with E-state index in [1.807, 2.05) is 6.07 Å². The van der Waals surface area contributed by atoms with Crippen molar-refractivity contribution in [3.05, 3.63) is 42.0 Å². The summed E-state index contributed by atoms with van der Waals surface area (Å²) >= 11 is 0. The summed E-state index contributed by atoms with van der Waals surface area (Å²) < 4.78 is 89.9. The van der Waals surface area contributed by atoms with E-state index in [-0.39, 0.29) is 18.9 Å². The Balaban J connectivity index is 1.25. The molecule has 0 aliphatic carbocycles. The second-order valence-electron chi connectivity index (χ2n) is 27.5. The predicted molar refractivity (Wildman–Crippen MR) is 350 cm³/mol. The molecule has 7 N–H and O–H groups in total. The number of ether oxygens (including phenoxy) is 14. The SMILES string of the molecule is CCCCCCCCCCCC(=O)O[C@H]1[C@H](O[C@@H]2[C@H]3OC(=O)CCCCCCCCC[C@H](CCCCC)O[C@@H]4O[C@H](C)[C@H](O)[C@H](O)[C@H]4O[C@H](O[C@H]2C)[C@@H]3O)O[C@@H](C)[C@H](O[C@@H]2O[C@@H](C)[C@H](OC(=O)[C@@H](C)CC)[C@@H](OC(=O)/C=C/c3ccccc3)[C@H]2O)[C@H]1O[C@@H]1O[C@@H](C)[C@H](O)[C@@H](O)[C@H]1O. The van der Waals surface area contributed by atoms with E-state index in [4.69, 9.17) is 66.3 Å². The van der Waals surface area contributed by atoms with Crippen LogP contribution < -0.4 is 0 Å². The van der Waals surface area contributed by atoms with Crippen LogP contribution in [0, 0.1) is 5.92 Å². The summed E-state index contributed by atoms with van der Waals surface area (Å²) in [6.45, 7) is 15.4. The molecule has 0 amide bonds. The number of hydrogen-bond donors (Lipinski definition) is 7. The fraction of sp³-hybridized carbons (Fsp3) is 0.833. The molecule has 6 fully saturated rings. The Morgan fingerprint density at radius 1 is 0.495 bits per heavy atom. The van der Waals surface area contributed by atoms with E-state index in [0.29, 0.717) is 44.1 Å². The Morgan fingerprint density at radius 3 is 1.74 bits per heavy atom. The number of carbonyl (C=O) groups is 4. The minimum Gasteiger partial charge on any atom is -0.456 e. The molecule has 0 unspecified atom stereocenters. The highest BCUT2D eigenvalue weighted by Gasteiger charge is 2.59. The van der Waals surface area contributed by atoms with E-state index in [2.05, 4.69) is 13.8 Å². The Morgan fingerprint density at radius 2 is 1.05 bits per heavy atom. The first-order chi connectivity index (χ1) is 46.5. The lowest BCUT2D eigenvalue weighted by molar-refractivity contribution is -0.399. The molecule has 0 saturated carbocycles. The van der Waals surface area contributed by atoms with Gasteiger partial charge in [-0.25, -0.2) is 4.79 Å². The van der Waals surface area contributed by atoms with Gasteiger partial charge in [0.15, 0.2) is 55.9 Å². The minimum absolute atomic E-state index is 0.0435. The molecule has 2 bridgehead atoms. The van der Waals surface area contributed by atoms with Gasteiger partial charge in [-0.1, -0.05) is 167 Å². The second kappa shape index (κ2) is 40.7. The minimum atomic E-state index is -1.95. The molecular formula is C72H116O25. The molecule has 27 atom stereocenters. The zero-order valence-electron chi connectivity index (χ0n) is 58.6. The van der Waals surface area contributed by atoms with E-state index in [0.717, 1.165) is 109 Å². The quantitative estimate of drug-likeness (QED) is 0.0193. The summed E-state index contributed by atoms with van der Waals surface area (Å²) in [5.41, 5.74) is 0.665. The Bertz CT molecular complexity index is 2490. The zero-order chi connectivity index (χ0) is 70.3. The molecule has 6 aliphatic rings. The van der Waals surface area contributed by atoms with Gasteiger partial charge >= 0.3 is 23.9 Å². The van der Waals surface area contributed by atoms with Gasteiger partial charge in [0.1, 0.15) is 67.1 Å². The first kappa shape index (κ1) is 80.5. The number of aliphatic hydroxyl groups excluding tert-OH is 7. The van der Waals surface area contributed by atoms with Crippen molar-refractivity contribution in [1.82, 2.24) is 0 Å². The molecule has 0 radical (unpaired) electrons. The molecule has 6 heterocycles. The van der Waals surface area contributed by atoms with Crippen LogP contribution in [-0.2, 0) is 85.5 Å². The van der Waals surface area contributed by atoms with Gasteiger partial charge < -0.3 is 102 Å². The summed E-state index contributed by atoms with van der Waals surface area (Å²) in [4.78, 5) is 56.0. The maximum Gasteiger partial charge on any atom is 0.331 e. The van der Waals surface area contributed by atoms with Gasteiger partial charge in [0.25, 0.3) is 0 Å². The van der Waals surface area contributed by atoms with Crippen LogP contribution in [-0.4, -0.2) is 219 Å². The number of rotatable bonds is 27. The molecular weight excluding hydrogens is 1260 g/mol. The Hall–Kier alpha value is -3.84. The highest BCUT2D eigenvalue weighted by molar-refractivity contribution is 5.87. The molecule has 6 aliphatic heterocycles. The normalized spacial score (nSPS) is 38.5. The number of fused-ring (bicyclic) bond motifs is 3. The summed E-state index contributed by atoms with van der Waals surface area (Å²) in [6, 6.07) is 8.90. The lowest BCUT2D eigenvalue weighted by Gasteiger charge is -2.51. The number of aliphatic hydroxyl groups is 7. The zero-order valence-corrected chi connectivity index (χ0v) is 58.6. The van der Waals surface area contributed by atoms with E-state index in [1.54, 1.807) is 52.0 Å². The van der Waals surface area contributed by atoms with Gasteiger partial charge in [0, 0.05) is 18.9 Å². The third-order valence-corrected chi connectivity index (χ3v) is 19.6. The van der Waals surface area contributed by atoms with Gasteiger partial charge in [-0.2, -0.15) is 0 Å². The summed E-state index contributed by atoms with van der Waals surface area (Å²) in [5.74, 6) is -3.62. The van der Waals surface area contributed by atoms with Gasteiger partial charge in [0.2, 0.25) is 0 Å². The van der Waals surface area contributed by atoms with Crippen molar-refractivity contribution in [3.8, 4) is 0 Å². The molecule has 554 valence electrons. The standard InChI is InChI=1S/C72H116O25/c1-10-13-15-16-17-18-21-24-32-38-50(74)92-66-65(97-68-56(80)54(78)52(76)42(5)84-68)61(94-69-57(81)62(59(44(7)86-69)93-67(83)41(4)12-3)91-51(75)40-39-47-33-28-26-29-34-47)46(9)88-72(66)95-60-45(8)87-70-58(82)63(60)90-49(73)37-31-25-22-19-20-23-30-36-48(35-27-14-11-2)89-71-64(96-70)55(79)53(77)43(6)85-71/h26,28-29,33-34,39-46,48,52-66,68-72,76-82H,10-25,27,30-32,35-38H2,1-9H3/b40-39+/t41-,42-,43+,44-,45-,46-,48-,52-,53-,54+,55-,56+,57+,58+,59-,60-,61-,62-,63-,64+,65+,66+,68-,69-,70-,71-,72-/m0/s1. The molecule has 97 heavy (non-hydrogen) atoms. The highest BCUT2D eigenvalue weighted by atomic mass is 16.8. The van der Waals surface area contributed by atoms with Crippen molar-refractivity contribution in [1.29, 1.82) is 0 Å². The summed E-state index contributed by atoms with van der Waals surface area (Å²) in [6.07, 6.45) is -17.7. The molecule has 6 saturated heterocycles. The first-order valence-electron chi connectivity index (χ1n) is 36.4. The maximum atomic E-state index is 14.6. The van der Waals surface area contributed by atoms with Crippen molar-refractivity contribution in [2.45, 2.75) is 376 Å². The molecule has 0 aromatic heterocycles. The van der Waals surface area contributed by atoms with Crippen LogP contribution >= 0.6 is 0 Å². The maximum absolute atomic E-state index is 14.6. The number of carbonyl (C=O) groups excluding carboxylic acids is 4. The van der Waals surface area contributed by atoms with E-state index in [1.165, 1.54) is 26.8 Å². The van der Waals surface area contributed by atoms with Gasteiger partial charge in [0.05, 0.1) is 42.5 Å². The third kappa shape index (κ3) is 23.3. The number of benzene rings is 1. The largest absolute Gasteiger partial charge is 0.456 e. The van der Waals surface area contributed by atoms with Crippen LogP contribution in [0.3, 0.4) is 0 Å². The van der Waals surface area contributed by atoms with Crippen LogP contribution in [0.1, 0.15) is 222 Å². The first-order valence-corrected chi connectivity index (χ1v) is 36.4. The number of esters is 4. The van der Waals surface area contributed by atoms with Gasteiger partial charge in [-0.15, -0.1) is 0 Å². The Labute approximate surface area is 573 Å². The summed E-state index contributed by atoms with van der Waals surface area (Å²) in [7, 11) is 0. The monoisotopic (exact) mass is 1380 g/mol. The van der Waals surface area contributed by atoms with E-state index < -0.39 is 183 Å². The average Bonchev–Trinajstić information content (AvgIpc) is 0.773. The second-order valence-corrected chi connectivity index (χ2v) is 27.5. The predicted octanol–water partition coefficient (Wildman–Crippen LogP) is 7.60. The Kier molecular flexibility index (Phi) is 33.8. The lowest BCUT2D eigenvalue weighted by Crippen LogP contribution is -2.68. The number of unbranched alkanes of at least 4 members (excludes halogenated alkanes) is 10. The van der Waals surface area contributed by atoms with Gasteiger partial charge in [-0.05, 0) is 78.4 Å².